The molecule has 1 aromatic rings. The van der Waals surface area contributed by atoms with E-state index >= 15 is 0 Å². The van der Waals surface area contributed by atoms with Crippen molar-refractivity contribution in [2.45, 2.75) is 70.8 Å². The molecular formula is C25H34N2O. The lowest BCUT2D eigenvalue weighted by molar-refractivity contribution is 0.1000. The van der Waals surface area contributed by atoms with Crippen LogP contribution in [0.1, 0.15) is 79.8 Å². The number of carbonyl (C=O) groups excluding carboxylic acids is 1. The van der Waals surface area contributed by atoms with E-state index in [1.165, 1.54) is 56.3 Å². The summed E-state index contributed by atoms with van der Waals surface area (Å²) in [5.41, 5.74) is 12.0. The Bertz CT molecular complexity index is 799. The van der Waals surface area contributed by atoms with E-state index in [1.807, 2.05) is 12.1 Å². The summed E-state index contributed by atoms with van der Waals surface area (Å²) in [6.07, 6.45) is 13.6. The Hall–Kier alpha value is -1.87. The van der Waals surface area contributed by atoms with Crippen LogP contribution >= 0.6 is 0 Å². The van der Waals surface area contributed by atoms with Gasteiger partial charge in [0, 0.05) is 17.5 Å². The van der Waals surface area contributed by atoms with Crippen LogP contribution in [-0.2, 0) is 6.42 Å². The van der Waals surface area contributed by atoms with Crippen molar-refractivity contribution in [3.8, 4) is 0 Å². The van der Waals surface area contributed by atoms with E-state index in [1.54, 1.807) is 11.1 Å². The molecule has 2 atom stereocenters. The monoisotopic (exact) mass is 378 g/mol. The minimum Gasteiger partial charge on any atom is -0.366 e. The molecule has 2 aliphatic carbocycles. The molecule has 1 aliphatic heterocycles. The van der Waals surface area contributed by atoms with Gasteiger partial charge in [0.1, 0.15) is 0 Å². The minimum atomic E-state index is -0.332. The Morgan fingerprint density at radius 1 is 1.21 bits per heavy atom. The first-order valence-electron chi connectivity index (χ1n) is 11.1. The molecule has 0 bridgehead atoms. The second-order valence-electron chi connectivity index (χ2n) is 9.28. The molecule has 4 rings (SSSR count). The Morgan fingerprint density at radius 2 is 2.00 bits per heavy atom. The molecule has 2 N–H and O–H groups in total. The highest BCUT2D eigenvalue weighted by molar-refractivity contribution is 5.93. The Balaban J connectivity index is 1.54. The zero-order valence-electron chi connectivity index (χ0n) is 17.4. The molecule has 3 nitrogen and oxygen atoms in total. The quantitative estimate of drug-likeness (QED) is 0.786. The standard InChI is InChI=1S/C25H34N2O/c1-17(2)13-22-15-21(25(26)28)8-10-24(22)20-6-5-19-16-23(9-7-18(19)14-20)27-11-3-4-12-27/h5,8,10,14-15,17,20,23H,3-4,6-7,9,11-13,16H2,1-2H3,(H2,26,28). The fourth-order valence-electron chi connectivity index (χ4n) is 5.33. The van der Waals surface area contributed by atoms with Crippen molar-refractivity contribution in [3.05, 3.63) is 58.2 Å². The second-order valence-corrected chi connectivity index (χ2v) is 9.28. The summed E-state index contributed by atoms with van der Waals surface area (Å²) in [5, 5.41) is 0. The molecule has 2 unspecified atom stereocenters. The molecule has 2 fully saturated rings. The van der Waals surface area contributed by atoms with Crippen molar-refractivity contribution in [1.29, 1.82) is 0 Å². The topological polar surface area (TPSA) is 46.3 Å². The SMILES string of the molecule is CC(C)Cc1cc(C(N)=O)ccc1C1C=C2CCC(N3CCCC3)CC2=CC1. The van der Waals surface area contributed by atoms with Gasteiger partial charge in [0.25, 0.3) is 0 Å². The number of benzene rings is 1. The Labute approximate surface area is 169 Å². The lowest BCUT2D eigenvalue weighted by Gasteiger charge is -2.36. The van der Waals surface area contributed by atoms with Crippen molar-refractivity contribution in [2.24, 2.45) is 11.7 Å². The first-order chi connectivity index (χ1) is 13.5. The van der Waals surface area contributed by atoms with E-state index in [0.717, 1.165) is 18.9 Å². The first-order valence-corrected chi connectivity index (χ1v) is 11.1. The van der Waals surface area contributed by atoms with E-state index < -0.39 is 0 Å². The number of nitrogens with two attached hydrogens (primary N) is 1. The van der Waals surface area contributed by atoms with Gasteiger partial charge in [-0.2, -0.15) is 0 Å². The number of rotatable bonds is 5. The highest BCUT2D eigenvalue weighted by atomic mass is 16.1. The van der Waals surface area contributed by atoms with E-state index in [4.69, 9.17) is 5.73 Å². The molecule has 3 aliphatic rings. The average Bonchev–Trinajstić information content (AvgIpc) is 3.21. The van der Waals surface area contributed by atoms with Crippen LogP contribution in [0, 0.1) is 5.92 Å². The van der Waals surface area contributed by atoms with Crippen LogP contribution in [0.5, 0.6) is 0 Å². The molecule has 1 heterocycles. The van der Waals surface area contributed by atoms with Crippen LogP contribution in [-0.4, -0.2) is 29.9 Å². The zero-order chi connectivity index (χ0) is 19.7. The number of allylic oxidation sites excluding steroid dienone is 3. The molecule has 1 saturated carbocycles. The number of nitrogens with zero attached hydrogens (tertiary/aromatic N) is 1. The molecule has 1 saturated heterocycles. The highest BCUT2D eigenvalue weighted by Gasteiger charge is 2.30. The lowest BCUT2D eigenvalue weighted by atomic mass is 9.76. The number of primary amides is 1. The summed E-state index contributed by atoms with van der Waals surface area (Å²) >= 11 is 0. The van der Waals surface area contributed by atoms with E-state index in [0.29, 0.717) is 17.4 Å². The fraction of sp³-hybridized carbons (Fsp3) is 0.560. The maximum Gasteiger partial charge on any atom is 0.248 e. The number of likely N-dealkylation sites (tertiary alicyclic amines) is 1. The van der Waals surface area contributed by atoms with Crippen LogP contribution in [0.15, 0.2) is 41.5 Å². The molecule has 1 aromatic carbocycles. The lowest BCUT2D eigenvalue weighted by Crippen LogP contribution is -2.35. The van der Waals surface area contributed by atoms with Crippen molar-refractivity contribution in [1.82, 2.24) is 4.90 Å². The van der Waals surface area contributed by atoms with E-state index in [2.05, 4.69) is 37.0 Å². The van der Waals surface area contributed by atoms with Gasteiger partial charge in [0.2, 0.25) is 5.91 Å². The molecule has 0 aromatic heterocycles. The van der Waals surface area contributed by atoms with Gasteiger partial charge in [-0.05, 0) is 98.4 Å². The normalized spacial score (nSPS) is 25.4. The van der Waals surface area contributed by atoms with Gasteiger partial charge in [-0.1, -0.05) is 32.1 Å². The predicted octanol–water partition coefficient (Wildman–Crippen LogP) is 4.97. The molecule has 28 heavy (non-hydrogen) atoms. The predicted molar refractivity (Wildman–Crippen MR) is 115 cm³/mol. The van der Waals surface area contributed by atoms with Crippen LogP contribution in [0.2, 0.25) is 0 Å². The number of hydrogen-bond donors (Lipinski definition) is 1. The molecule has 1 amide bonds. The Kier molecular flexibility index (Phi) is 5.73. The third-order valence-corrected chi connectivity index (χ3v) is 6.75. The number of fused-ring (bicyclic) bond motifs is 1. The van der Waals surface area contributed by atoms with Gasteiger partial charge in [0.15, 0.2) is 0 Å². The summed E-state index contributed by atoms with van der Waals surface area (Å²) in [6, 6.07) is 6.84. The summed E-state index contributed by atoms with van der Waals surface area (Å²) in [6.45, 7) is 7.06. The largest absolute Gasteiger partial charge is 0.366 e. The van der Waals surface area contributed by atoms with Crippen LogP contribution in [0.25, 0.3) is 0 Å². The zero-order valence-corrected chi connectivity index (χ0v) is 17.4. The fourth-order valence-corrected chi connectivity index (χ4v) is 5.33. The summed E-state index contributed by atoms with van der Waals surface area (Å²) in [7, 11) is 0. The van der Waals surface area contributed by atoms with Gasteiger partial charge >= 0.3 is 0 Å². The van der Waals surface area contributed by atoms with Crippen LogP contribution in [0.4, 0.5) is 0 Å². The van der Waals surface area contributed by atoms with Gasteiger partial charge in [-0.25, -0.2) is 0 Å². The van der Waals surface area contributed by atoms with E-state index in [-0.39, 0.29) is 5.91 Å². The molecule has 0 radical (unpaired) electrons. The smallest absolute Gasteiger partial charge is 0.248 e. The van der Waals surface area contributed by atoms with Gasteiger partial charge in [-0.3, -0.25) is 4.79 Å². The van der Waals surface area contributed by atoms with Crippen molar-refractivity contribution in [3.63, 3.8) is 0 Å². The molecule has 150 valence electrons. The van der Waals surface area contributed by atoms with Crippen LogP contribution in [0.3, 0.4) is 0 Å². The van der Waals surface area contributed by atoms with Crippen molar-refractivity contribution >= 4 is 5.91 Å². The molecule has 3 heteroatoms. The number of hydrogen-bond acceptors (Lipinski definition) is 2. The maximum atomic E-state index is 11.7. The highest BCUT2D eigenvalue weighted by Crippen LogP contribution is 2.40. The number of amides is 1. The third kappa shape index (κ3) is 4.10. The van der Waals surface area contributed by atoms with Crippen molar-refractivity contribution < 1.29 is 4.79 Å². The van der Waals surface area contributed by atoms with Crippen molar-refractivity contribution in [2.75, 3.05) is 13.1 Å². The minimum absolute atomic E-state index is 0.332. The molecular weight excluding hydrogens is 344 g/mol. The maximum absolute atomic E-state index is 11.7. The Morgan fingerprint density at radius 3 is 2.71 bits per heavy atom. The summed E-state index contributed by atoms with van der Waals surface area (Å²) in [5.74, 6) is 0.652. The summed E-state index contributed by atoms with van der Waals surface area (Å²) < 4.78 is 0. The average molecular weight is 379 g/mol. The molecule has 0 spiro atoms. The second kappa shape index (κ2) is 8.24. The number of carbonyl (C=O) groups is 1. The summed E-state index contributed by atoms with van der Waals surface area (Å²) in [4.78, 5) is 14.4. The van der Waals surface area contributed by atoms with Crippen LogP contribution < -0.4 is 5.73 Å². The van der Waals surface area contributed by atoms with Gasteiger partial charge in [0.05, 0.1) is 0 Å². The first kappa shape index (κ1) is 19.4. The van der Waals surface area contributed by atoms with Gasteiger partial charge in [-0.15, -0.1) is 0 Å². The van der Waals surface area contributed by atoms with Gasteiger partial charge < -0.3 is 10.6 Å². The van der Waals surface area contributed by atoms with E-state index in [9.17, 15) is 4.79 Å². The third-order valence-electron chi connectivity index (χ3n) is 6.75.